The predicted molar refractivity (Wildman–Crippen MR) is 87.3 cm³/mol. The van der Waals surface area contributed by atoms with Crippen LogP contribution in [0.15, 0.2) is 42.7 Å². The van der Waals surface area contributed by atoms with Gasteiger partial charge in [-0.3, -0.25) is 0 Å². The number of nitriles is 1. The van der Waals surface area contributed by atoms with Gasteiger partial charge in [-0.1, -0.05) is 6.07 Å². The van der Waals surface area contributed by atoms with Crippen molar-refractivity contribution in [2.24, 2.45) is 0 Å². The second kappa shape index (κ2) is 5.52. The monoisotopic (exact) mass is 324 g/mol. The third-order valence-corrected chi connectivity index (χ3v) is 5.24. The van der Waals surface area contributed by atoms with Gasteiger partial charge in [0, 0.05) is 23.8 Å². The highest BCUT2D eigenvalue weighted by Crippen LogP contribution is 2.36. The molecule has 0 radical (unpaired) electrons. The van der Waals surface area contributed by atoms with Crippen molar-refractivity contribution in [2.75, 3.05) is 11.4 Å². The van der Waals surface area contributed by atoms with Gasteiger partial charge >= 0.3 is 0 Å². The molecule has 4 nitrogen and oxygen atoms in total. The number of hydrogen-bond acceptors (Lipinski definition) is 4. The summed E-state index contributed by atoms with van der Waals surface area (Å²) in [7, 11) is 0. The van der Waals surface area contributed by atoms with Gasteiger partial charge in [0.2, 0.25) is 5.95 Å². The molecule has 3 aromatic heterocycles. The number of fused-ring (bicyclic) bond motifs is 1. The molecule has 4 heterocycles. The van der Waals surface area contributed by atoms with Gasteiger partial charge in [-0.05, 0) is 36.2 Å². The van der Waals surface area contributed by atoms with Crippen LogP contribution >= 0.6 is 11.3 Å². The summed E-state index contributed by atoms with van der Waals surface area (Å²) in [6.07, 6.45) is 4.67. The minimum Gasteiger partial charge on any atom is -0.351 e. The summed E-state index contributed by atoms with van der Waals surface area (Å²) in [6.45, 7) is 1.40. The van der Waals surface area contributed by atoms with Gasteiger partial charge < -0.3 is 9.47 Å². The van der Waals surface area contributed by atoms with E-state index in [-0.39, 0.29) is 0 Å². The molecule has 0 aromatic carbocycles. The van der Waals surface area contributed by atoms with Gasteiger partial charge in [0.05, 0.1) is 12.1 Å². The lowest BCUT2D eigenvalue weighted by Gasteiger charge is -2.27. The summed E-state index contributed by atoms with van der Waals surface area (Å²) in [6, 6.07) is 11.1. The fourth-order valence-corrected chi connectivity index (χ4v) is 4.20. The van der Waals surface area contributed by atoms with Gasteiger partial charge in [-0.15, -0.1) is 11.3 Å². The van der Waals surface area contributed by atoms with Gasteiger partial charge in [0.25, 0.3) is 0 Å². The van der Waals surface area contributed by atoms with Crippen LogP contribution in [0.2, 0.25) is 0 Å². The molecule has 4 rings (SSSR count). The highest BCUT2D eigenvalue weighted by molar-refractivity contribution is 7.15. The van der Waals surface area contributed by atoms with Crippen molar-refractivity contribution in [3.8, 4) is 11.1 Å². The standard InChI is InChI=1S/C17H13FN4S/c18-15-4-3-5-16(20-15)22-9-6-12-13(10-19)17(23-14(12)11-22)21-7-1-2-8-21/h1-5,7-8H,6,9,11H2. The van der Waals surface area contributed by atoms with Crippen LogP contribution < -0.4 is 4.90 Å². The van der Waals surface area contributed by atoms with Gasteiger partial charge in [0.1, 0.15) is 16.9 Å². The molecule has 0 saturated heterocycles. The van der Waals surface area contributed by atoms with Crippen LogP contribution in [0.25, 0.3) is 5.00 Å². The summed E-state index contributed by atoms with van der Waals surface area (Å²) in [5, 5.41) is 10.5. The van der Waals surface area contributed by atoms with Crippen molar-refractivity contribution >= 4 is 17.2 Å². The molecule has 0 spiro atoms. The molecule has 0 N–H and O–H groups in total. The fraction of sp³-hybridized carbons (Fsp3) is 0.176. The number of thiophene rings is 1. The van der Waals surface area contributed by atoms with Crippen molar-refractivity contribution in [3.63, 3.8) is 0 Å². The van der Waals surface area contributed by atoms with E-state index in [0.29, 0.717) is 12.4 Å². The van der Waals surface area contributed by atoms with Crippen molar-refractivity contribution < 1.29 is 4.39 Å². The summed E-state index contributed by atoms with van der Waals surface area (Å²) in [5.41, 5.74) is 1.88. The summed E-state index contributed by atoms with van der Waals surface area (Å²) in [5.74, 6) is 0.176. The zero-order valence-electron chi connectivity index (χ0n) is 12.2. The van der Waals surface area contributed by atoms with E-state index in [1.165, 1.54) is 6.07 Å². The maximum absolute atomic E-state index is 13.3. The minimum absolute atomic E-state index is 0.467. The Hall–Kier alpha value is -2.65. The third kappa shape index (κ3) is 2.39. The maximum Gasteiger partial charge on any atom is 0.214 e. The molecule has 0 fully saturated rings. The van der Waals surface area contributed by atoms with Crippen LogP contribution in [0.1, 0.15) is 16.0 Å². The zero-order valence-corrected chi connectivity index (χ0v) is 13.1. The first kappa shape index (κ1) is 14.0. The Balaban J connectivity index is 1.72. The number of rotatable bonds is 2. The molecule has 0 amide bonds. The number of halogens is 1. The topological polar surface area (TPSA) is 44.9 Å². The molecule has 0 bridgehead atoms. The molecular formula is C17H13FN4S. The Bertz CT molecular complexity index is 892. The molecule has 23 heavy (non-hydrogen) atoms. The van der Waals surface area contributed by atoms with Gasteiger partial charge in [0.15, 0.2) is 0 Å². The van der Waals surface area contributed by atoms with E-state index >= 15 is 0 Å². The molecule has 0 aliphatic carbocycles. The van der Waals surface area contributed by atoms with E-state index in [2.05, 4.69) is 16.0 Å². The van der Waals surface area contributed by atoms with Crippen LogP contribution in [-0.4, -0.2) is 16.1 Å². The molecule has 0 saturated carbocycles. The Morgan fingerprint density at radius 1 is 1.22 bits per heavy atom. The van der Waals surface area contributed by atoms with E-state index in [1.807, 2.05) is 35.2 Å². The lowest BCUT2D eigenvalue weighted by atomic mass is 10.0. The zero-order chi connectivity index (χ0) is 15.8. The summed E-state index contributed by atoms with van der Waals surface area (Å²) in [4.78, 5) is 7.18. The highest BCUT2D eigenvalue weighted by Gasteiger charge is 2.25. The molecular weight excluding hydrogens is 311 g/mol. The van der Waals surface area contributed by atoms with Crippen LogP contribution in [-0.2, 0) is 13.0 Å². The molecule has 6 heteroatoms. The Morgan fingerprint density at radius 3 is 2.78 bits per heavy atom. The average Bonchev–Trinajstić information content (AvgIpc) is 3.21. The molecule has 0 unspecified atom stereocenters. The summed E-state index contributed by atoms with van der Waals surface area (Å²) < 4.78 is 15.3. The fourth-order valence-electron chi connectivity index (χ4n) is 2.93. The lowest BCUT2D eigenvalue weighted by molar-refractivity contribution is 0.579. The Labute approximate surface area is 137 Å². The quantitative estimate of drug-likeness (QED) is 0.678. The second-order valence-electron chi connectivity index (χ2n) is 5.38. The summed E-state index contributed by atoms with van der Waals surface area (Å²) >= 11 is 1.62. The Kier molecular flexibility index (Phi) is 3.36. The van der Waals surface area contributed by atoms with Crippen molar-refractivity contribution in [1.29, 1.82) is 5.26 Å². The van der Waals surface area contributed by atoms with Gasteiger partial charge in [-0.2, -0.15) is 9.65 Å². The van der Waals surface area contributed by atoms with Crippen molar-refractivity contribution in [1.82, 2.24) is 9.55 Å². The average molecular weight is 324 g/mol. The SMILES string of the molecule is N#Cc1c(-n2cccc2)sc2c1CCN(c1cccc(F)n1)C2. The van der Waals surface area contributed by atoms with Crippen LogP contribution in [0.3, 0.4) is 0 Å². The molecule has 0 atom stereocenters. The number of pyridine rings is 1. The van der Waals surface area contributed by atoms with E-state index < -0.39 is 5.95 Å². The number of nitrogens with zero attached hydrogens (tertiary/aromatic N) is 4. The van der Waals surface area contributed by atoms with Crippen LogP contribution in [0, 0.1) is 17.3 Å². The number of anilines is 1. The van der Waals surface area contributed by atoms with E-state index in [4.69, 9.17) is 0 Å². The van der Waals surface area contributed by atoms with E-state index in [0.717, 1.165) is 34.0 Å². The maximum atomic E-state index is 13.3. The second-order valence-corrected chi connectivity index (χ2v) is 6.46. The number of aromatic nitrogens is 2. The molecule has 3 aromatic rings. The van der Waals surface area contributed by atoms with Crippen molar-refractivity contribution in [2.45, 2.75) is 13.0 Å². The Morgan fingerprint density at radius 2 is 2.04 bits per heavy atom. The third-order valence-electron chi connectivity index (χ3n) is 4.01. The van der Waals surface area contributed by atoms with Gasteiger partial charge in [-0.25, -0.2) is 4.98 Å². The lowest BCUT2D eigenvalue weighted by Crippen LogP contribution is -2.30. The van der Waals surface area contributed by atoms with Crippen molar-refractivity contribution in [3.05, 3.63) is 64.7 Å². The van der Waals surface area contributed by atoms with Crippen LogP contribution in [0.4, 0.5) is 10.2 Å². The van der Waals surface area contributed by atoms with E-state index in [9.17, 15) is 9.65 Å². The van der Waals surface area contributed by atoms with E-state index in [1.54, 1.807) is 17.4 Å². The van der Waals surface area contributed by atoms with Crippen LogP contribution in [0.5, 0.6) is 0 Å². The molecule has 1 aliphatic heterocycles. The molecule has 1 aliphatic rings. The number of hydrogen-bond donors (Lipinski definition) is 0. The largest absolute Gasteiger partial charge is 0.351 e. The highest BCUT2D eigenvalue weighted by atomic mass is 32.1. The first-order valence-corrected chi connectivity index (χ1v) is 8.13. The minimum atomic E-state index is -0.467. The molecule has 114 valence electrons. The first-order valence-electron chi connectivity index (χ1n) is 7.32. The normalized spacial score (nSPS) is 13.7. The first-order chi connectivity index (χ1) is 11.3. The smallest absolute Gasteiger partial charge is 0.214 e. The predicted octanol–water partition coefficient (Wildman–Crippen LogP) is 3.51.